The van der Waals surface area contributed by atoms with E-state index in [9.17, 15) is 4.79 Å². The van der Waals surface area contributed by atoms with Crippen LogP contribution in [0, 0.1) is 6.92 Å². The van der Waals surface area contributed by atoms with Gasteiger partial charge in [0.1, 0.15) is 0 Å². The molecular weight excluding hydrogens is 310 g/mol. The molecule has 0 bridgehead atoms. The molecule has 0 aromatic heterocycles. The summed E-state index contributed by atoms with van der Waals surface area (Å²) in [7, 11) is 0. The average molecular weight is 339 g/mol. The Morgan fingerprint density at radius 1 is 1.00 bits per heavy atom. The highest BCUT2D eigenvalue weighted by Gasteiger charge is 2.08. The van der Waals surface area contributed by atoms with E-state index in [0.29, 0.717) is 0 Å². The molecule has 2 aromatic carbocycles. The Labute approximate surface area is 151 Å². The highest BCUT2D eigenvalue weighted by molar-refractivity contribution is 5.94. The zero-order chi connectivity index (χ0) is 18.2. The summed E-state index contributed by atoms with van der Waals surface area (Å²) in [5.41, 5.74) is 5.40. The van der Waals surface area contributed by atoms with Gasteiger partial charge in [-0.25, -0.2) is 0 Å². The van der Waals surface area contributed by atoms with E-state index in [1.54, 1.807) is 0 Å². The molecule has 0 spiro atoms. The molecule has 0 fully saturated rings. The Balaban J connectivity index is 1.97. The van der Waals surface area contributed by atoms with Crippen molar-refractivity contribution in [2.75, 3.05) is 35.2 Å². The van der Waals surface area contributed by atoms with Crippen molar-refractivity contribution < 1.29 is 4.79 Å². The van der Waals surface area contributed by atoms with Crippen LogP contribution in [0.5, 0.6) is 0 Å². The van der Waals surface area contributed by atoms with E-state index >= 15 is 0 Å². The minimum Gasteiger partial charge on any atom is -0.376 e. The quantitative estimate of drug-likeness (QED) is 0.746. The maximum Gasteiger partial charge on any atom is 0.243 e. The van der Waals surface area contributed by atoms with Gasteiger partial charge in [-0.3, -0.25) is 4.79 Å². The fraction of sp³-hybridized carbons (Fsp3) is 0.381. The summed E-state index contributed by atoms with van der Waals surface area (Å²) in [5.74, 6) is -0.0341. The first-order valence-corrected chi connectivity index (χ1v) is 9.06. The molecule has 0 unspecified atom stereocenters. The van der Waals surface area contributed by atoms with Crippen molar-refractivity contribution in [1.29, 1.82) is 0 Å². The van der Waals surface area contributed by atoms with Crippen molar-refractivity contribution in [2.45, 2.75) is 34.1 Å². The Morgan fingerprint density at radius 2 is 1.72 bits per heavy atom. The second-order valence-electron chi connectivity index (χ2n) is 6.08. The number of aryl methyl sites for hydroxylation is 2. The van der Waals surface area contributed by atoms with Crippen molar-refractivity contribution in [2.24, 2.45) is 0 Å². The monoisotopic (exact) mass is 339 g/mol. The molecule has 0 saturated carbocycles. The number of nitrogens with one attached hydrogen (secondary N) is 2. The molecule has 0 aliphatic heterocycles. The number of carbonyl (C=O) groups is 1. The summed E-state index contributed by atoms with van der Waals surface area (Å²) in [6, 6.07) is 14.2. The molecule has 4 heteroatoms. The fourth-order valence-corrected chi connectivity index (χ4v) is 2.95. The second-order valence-corrected chi connectivity index (χ2v) is 6.08. The first-order chi connectivity index (χ1) is 12.1. The third-order valence-electron chi connectivity index (χ3n) is 4.45. The molecule has 0 saturated heterocycles. The van der Waals surface area contributed by atoms with Crippen LogP contribution in [0.15, 0.2) is 42.5 Å². The van der Waals surface area contributed by atoms with Gasteiger partial charge in [-0.1, -0.05) is 25.1 Å². The standard InChI is InChI=1S/C21H29N3O/c1-5-17-10-8-9-11-20(17)23-21(25)15-22-19-13-12-18(14-16(19)4)24(6-2)7-3/h8-14,22H,5-7,15H2,1-4H3,(H,23,25). The van der Waals surface area contributed by atoms with Crippen LogP contribution in [0.1, 0.15) is 31.9 Å². The van der Waals surface area contributed by atoms with Crippen LogP contribution in [0.3, 0.4) is 0 Å². The molecule has 0 heterocycles. The van der Waals surface area contributed by atoms with E-state index in [2.05, 4.69) is 61.4 Å². The van der Waals surface area contributed by atoms with E-state index in [1.807, 2.05) is 24.3 Å². The Morgan fingerprint density at radius 3 is 2.36 bits per heavy atom. The summed E-state index contributed by atoms with van der Waals surface area (Å²) in [6.07, 6.45) is 0.899. The molecule has 2 rings (SSSR count). The van der Waals surface area contributed by atoms with Gasteiger partial charge in [-0.15, -0.1) is 0 Å². The molecule has 0 aliphatic carbocycles. The maximum atomic E-state index is 12.3. The van der Waals surface area contributed by atoms with E-state index in [1.165, 1.54) is 5.69 Å². The number of nitrogens with zero attached hydrogens (tertiary/aromatic N) is 1. The Kier molecular flexibility index (Phi) is 6.87. The van der Waals surface area contributed by atoms with Gasteiger partial charge in [0.05, 0.1) is 6.54 Å². The van der Waals surface area contributed by atoms with E-state index < -0.39 is 0 Å². The van der Waals surface area contributed by atoms with Crippen LogP contribution >= 0.6 is 0 Å². The number of hydrogen-bond acceptors (Lipinski definition) is 3. The summed E-state index contributed by atoms with van der Waals surface area (Å²) >= 11 is 0. The van der Waals surface area contributed by atoms with Gasteiger partial charge < -0.3 is 15.5 Å². The predicted octanol–water partition coefficient (Wildman–Crippen LogP) is 4.45. The van der Waals surface area contributed by atoms with Gasteiger partial charge in [-0.05, 0) is 62.6 Å². The second kappa shape index (κ2) is 9.11. The third-order valence-corrected chi connectivity index (χ3v) is 4.45. The number of hydrogen-bond donors (Lipinski definition) is 2. The van der Waals surface area contributed by atoms with E-state index in [0.717, 1.165) is 42.0 Å². The van der Waals surface area contributed by atoms with Crippen molar-refractivity contribution in [3.05, 3.63) is 53.6 Å². The maximum absolute atomic E-state index is 12.3. The number of para-hydroxylation sites is 1. The predicted molar refractivity (Wildman–Crippen MR) is 108 cm³/mol. The van der Waals surface area contributed by atoms with E-state index in [4.69, 9.17) is 0 Å². The highest BCUT2D eigenvalue weighted by atomic mass is 16.1. The summed E-state index contributed by atoms with van der Waals surface area (Å²) in [4.78, 5) is 14.6. The molecule has 25 heavy (non-hydrogen) atoms. The van der Waals surface area contributed by atoms with Gasteiger partial charge in [0.2, 0.25) is 5.91 Å². The largest absolute Gasteiger partial charge is 0.376 e. The normalized spacial score (nSPS) is 10.4. The summed E-state index contributed by atoms with van der Waals surface area (Å²) in [6.45, 7) is 10.7. The number of benzene rings is 2. The van der Waals surface area contributed by atoms with Gasteiger partial charge in [0, 0.05) is 30.2 Å². The SMILES string of the molecule is CCc1ccccc1NC(=O)CNc1ccc(N(CC)CC)cc1C. The van der Waals surface area contributed by atoms with E-state index in [-0.39, 0.29) is 12.5 Å². The van der Waals surface area contributed by atoms with Crippen molar-refractivity contribution in [3.63, 3.8) is 0 Å². The molecule has 2 N–H and O–H groups in total. The zero-order valence-corrected chi connectivity index (χ0v) is 15.7. The third kappa shape index (κ3) is 4.99. The first kappa shape index (κ1) is 18.8. The van der Waals surface area contributed by atoms with Crippen LogP contribution in [0.4, 0.5) is 17.1 Å². The van der Waals surface area contributed by atoms with Gasteiger partial charge >= 0.3 is 0 Å². The van der Waals surface area contributed by atoms with Crippen LogP contribution < -0.4 is 15.5 Å². The lowest BCUT2D eigenvalue weighted by molar-refractivity contribution is -0.114. The molecule has 0 radical (unpaired) electrons. The minimum absolute atomic E-state index is 0.0341. The lowest BCUT2D eigenvalue weighted by Gasteiger charge is -2.22. The summed E-state index contributed by atoms with van der Waals surface area (Å²) < 4.78 is 0. The zero-order valence-electron chi connectivity index (χ0n) is 15.7. The van der Waals surface area contributed by atoms with Gasteiger partial charge in [0.25, 0.3) is 0 Å². The number of anilines is 3. The van der Waals surface area contributed by atoms with Crippen molar-refractivity contribution in [3.8, 4) is 0 Å². The lowest BCUT2D eigenvalue weighted by Crippen LogP contribution is -2.23. The van der Waals surface area contributed by atoms with Crippen LogP contribution in [0.25, 0.3) is 0 Å². The molecule has 0 atom stereocenters. The number of rotatable bonds is 8. The molecule has 2 aromatic rings. The van der Waals surface area contributed by atoms with Crippen molar-refractivity contribution >= 4 is 23.0 Å². The fourth-order valence-electron chi connectivity index (χ4n) is 2.95. The average Bonchev–Trinajstić information content (AvgIpc) is 2.62. The molecule has 1 amide bonds. The number of amides is 1. The molecule has 4 nitrogen and oxygen atoms in total. The number of carbonyl (C=O) groups excluding carboxylic acids is 1. The van der Waals surface area contributed by atoms with Crippen LogP contribution in [-0.2, 0) is 11.2 Å². The van der Waals surface area contributed by atoms with Gasteiger partial charge in [-0.2, -0.15) is 0 Å². The Bertz CT molecular complexity index is 708. The van der Waals surface area contributed by atoms with Crippen LogP contribution in [-0.4, -0.2) is 25.5 Å². The van der Waals surface area contributed by atoms with Gasteiger partial charge in [0.15, 0.2) is 0 Å². The molecule has 134 valence electrons. The highest BCUT2D eigenvalue weighted by Crippen LogP contribution is 2.22. The Hall–Kier alpha value is -2.49. The summed E-state index contributed by atoms with van der Waals surface area (Å²) in [5, 5.41) is 6.23. The van der Waals surface area contributed by atoms with Crippen LogP contribution in [0.2, 0.25) is 0 Å². The first-order valence-electron chi connectivity index (χ1n) is 9.06. The molecular formula is C21H29N3O. The van der Waals surface area contributed by atoms with Crippen molar-refractivity contribution in [1.82, 2.24) is 0 Å². The topological polar surface area (TPSA) is 44.4 Å². The smallest absolute Gasteiger partial charge is 0.243 e. The lowest BCUT2D eigenvalue weighted by atomic mass is 10.1. The minimum atomic E-state index is -0.0341. The molecule has 0 aliphatic rings.